The van der Waals surface area contributed by atoms with Gasteiger partial charge in [-0.3, -0.25) is 0 Å². The molecule has 152 valence electrons. The SMILES string of the molecule is Brc1ccc(-c2nc(NCc3cn(-c4ccccc4)nn3)sc2-c2ccccc2)cc1. The molecular weight excluding hydrogens is 470 g/mol. The van der Waals surface area contributed by atoms with Crippen LogP contribution >= 0.6 is 27.3 Å². The van der Waals surface area contributed by atoms with Crippen LogP contribution < -0.4 is 5.32 Å². The molecule has 5 rings (SSSR count). The van der Waals surface area contributed by atoms with E-state index < -0.39 is 0 Å². The van der Waals surface area contributed by atoms with E-state index in [1.54, 1.807) is 16.0 Å². The minimum atomic E-state index is 0.550. The molecule has 0 bridgehead atoms. The van der Waals surface area contributed by atoms with Crippen LogP contribution in [0.5, 0.6) is 0 Å². The Bertz CT molecular complexity index is 1280. The normalized spacial score (nSPS) is 10.9. The number of aromatic nitrogens is 4. The molecule has 0 unspecified atom stereocenters. The van der Waals surface area contributed by atoms with Gasteiger partial charge in [0.05, 0.1) is 29.0 Å². The Balaban J connectivity index is 1.41. The second kappa shape index (κ2) is 8.83. The number of hydrogen-bond acceptors (Lipinski definition) is 5. The van der Waals surface area contributed by atoms with Crippen LogP contribution in [-0.4, -0.2) is 20.0 Å². The number of rotatable bonds is 6. The Hall–Kier alpha value is -3.29. The van der Waals surface area contributed by atoms with Crippen LogP contribution in [0.3, 0.4) is 0 Å². The highest BCUT2D eigenvalue weighted by atomic mass is 79.9. The highest BCUT2D eigenvalue weighted by molar-refractivity contribution is 9.10. The average molecular weight is 488 g/mol. The van der Waals surface area contributed by atoms with E-state index in [4.69, 9.17) is 4.98 Å². The number of halogens is 1. The van der Waals surface area contributed by atoms with Crippen LogP contribution in [0, 0.1) is 0 Å². The van der Waals surface area contributed by atoms with E-state index >= 15 is 0 Å². The van der Waals surface area contributed by atoms with Gasteiger partial charge in [-0.15, -0.1) is 5.10 Å². The molecule has 0 aliphatic carbocycles. The Morgan fingerprint density at radius 3 is 2.29 bits per heavy atom. The zero-order chi connectivity index (χ0) is 21.0. The van der Waals surface area contributed by atoms with E-state index in [0.29, 0.717) is 6.54 Å². The number of thiazole rings is 1. The minimum absolute atomic E-state index is 0.550. The quantitative estimate of drug-likeness (QED) is 0.299. The molecule has 0 radical (unpaired) electrons. The van der Waals surface area contributed by atoms with Crippen molar-refractivity contribution in [2.24, 2.45) is 0 Å². The van der Waals surface area contributed by atoms with Gasteiger partial charge in [-0.25, -0.2) is 9.67 Å². The van der Waals surface area contributed by atoms with Gasteiger partial charge in [0.2, 0.25) is 0 Å². The van der Waals surface area contributed by atoms with Crippen LogP contribution in [0.2, 0.25) is 0 Å². The van der Waals surface area contributed by atoms with Crippen LogP contribution in [-0.2, 0) is 6.54 Å². The first-order valence-corrected chi connectivity index (χ1v) is 11.4. The van der Waals surface area contributed by atoms with Crippen molar-refractivity contribution in [2.45, 2.75) is 6.54 Å². The second-order valence-corrected chi connectivity index (χ2v) is 8.83. The third-order valence-electron chi connectivity index (χ3n) is 4.76. The molecule has 31 heavy (non-hydrogen) atoms. The van der Waals surface area contributed by atoms with E-state index in [1.807, 2.05) is 54.7 Å². The third kappa shape index (κ3) is 4.42. The summed E-state index contributed by atoms with van der Waals surface area (Å²) in [7, 11) is 0. The van der Waals surface area contributed by atoms with Crippen molar-refractivity contribution < 1.29 is 0 Å². The van der Waals surface area contributed by atoms with Gasteiger partial charge in [0.1, 0.15) is 5.69 Å². The second-order valence-electron chi connectivity index (χ2n) is 6.91. The molecule has 0 saturated carbocycles. The molecule has 5 aromatic rings. The largest absolute Gasteiger partial charge is 0.356 e. The van der Waals surface area contributed by atoms with Crippen molar-refractivity contribution in [3.63, 3.8) is 0 Å². The molecule has 0 atom stereocenters. The van der Waals surface area contributed by atoms with E-state index in [-0.39, 0.29) is 0 Å². The molecule has 0 aliphatic rings. The van der Waals surface area contributed by atoms with Crippen molar-refractivity contribution in [3.8, 4) is 27.4 Å². The molecule has 5 nitrogen and oxygen atoms in total. The lowest BCUT2D eigenvalue weighted by molar-refractivity contribution is 0.798. The van der Waals surface area contributed by atoms with Gasteiger partial charge >= 0.3 is 0 Å². The molecule has 7 heteroatoms. The number of para-hydroxylation sites is 1. The molecule has 0 aliphatic heterocycles. The molecule has 2 heterocycles. The number of benzene rings is 3. The molecular formula is C24H18BrN5S. The molecule has 0 saturated heterocycles. The van der Waals surface area contributed by atoms with Gasteiger partial charge < -0.3 is 5.32 Å². The Kier molecular flexibility index (Phi) is 5.60. The van der Waals surface area contributed by atoms with Crippen LogP contribution in [0.25, 0.3) is 27.4 Å². The summed E-state index contributed by atoms with van der Waals surface area (Å²) < 4.78 is 2.83. The summed E-state index contributed by atoms with van der Waals surface area (Å²) in [4.78, 5) is 6.04. The van der Waals surface area contributed by atoms with Gasteiger partial charge in [0.15, 0.2) is 5.13 Å². The van der Waals surface area contributed by atoms with Crippen molar-refractivity contribution in [2.75, 3.05) is 5.32 Å². The van der Waals surface area contributed by atoms with E-state index in [1.165, 1.54) is 0 Å². The first kappa shape index (κ1) is 19.7. The van der Waals surface area contributed by atoms with Gasteiger partial charge in [-0.05, 0) is 29.8 Å². The van der Waals surface area contributed by atoms with Crippen molar-refractivity contribution in [1.29, 1.82) is 0 Å². The predicted molar refractivity (Wildman–Crippen MR) is 129 cm³/mol. The maximum absolute atomic E-state index is 4.90. The highest BCUT2D eigenvalue weighted by Gasteiger charge is 2.15. The monoisotopic (exact) mass is 487 g/mol. The number of anilines is 1. The molecule has 0 fully saturated rings. The zero-order valence-corrected chi connectivity index (χ0v) is 18.8. The predicted octanol–water partition coefficient (Wildman–Crippen LogP) is 6.43. The Labute approximate surface area is 192 Å². The number of nitrogens with zero attached hydrogens (tertiary/aromatic N) is 4. The van der Waals surface area contributed by atoms with Crippen LogP contribution in [0.15, 0.2) is 95.6 Å². The first-order chi connectivity index (χ1) is 15.3. The fraction of sp³-hybridized carbons (Fsp3) is 0.0417. The topological polar surface area (TPSA) is 55.6 Å². The summed E-state index contributed by atoms with van der Waals surface area (Å²) in [5.41, 5.74) is 5.05. The molecule has 0 amide bonds. The van der Waals surface area contributed by atoms with E-state index in [9.17, 15) is 0 Å². The smallest absolute Gasteiger partial charge is 0.184 e. The van der Waals surface area contributed by atoms with Crippen molar-refractivity contribution in [1.82, 2.24) is 20.0 Å². The van der Waals surface area contributed by atoms with Gasteiger partial charge in [0.25, 0.3) is 0 Å². The Morgan fingerprint density at radius 1 is 0.839 bits per heavy atom. The fourth-order valence-corrected chi connectivity index (χ4v) is 4.49. The van der Waals surface area contributed by atoms with E-state index in [0.717, 1.165) is 42.7 Å². The van der Waals surface area contributed by atoms with Gasteiger partial charge in [-0.2, -0.15) is 0 Å². The zero-order valence-electron chi connectivity index (χ0n) is 16.4. The van der Waals surface area contributed by atoms with Crippen LogP contribution in [0.1, 0.15) is 5.69 Å². The summed E-state index contributed by atoms with van der Waals surface area (Å²) in [5, 5.41) is 12.8. The maximum atomic E-state index is 4.90. The summed E-state index contributed by atoms with van der Waals surface area (Å²) >= 11 is 5.16. The average Bonchev–Trinajstić information content (AvgIpc) is 3.47. The molecule has 3 aromatic carbocycles. The highest BCUT2D eigenvalue weighted by Crippen LogP contribution is 2.39. The van der Waals surface area contributed by atoms with Crippen molar-refractivity contribution in [3.05, 3.63) is 101 Å². The van der Waals surface area contributed by atoms with Gasteiger partial charge in [0, 0.05) is 10.0 Å². The summed E-state index contributed by atoms with van der Waals surface area (Å²) in [5.74, 6) is 0. The molecule has 0 spiro atoms. The first-order valence-electron chi connectivity index (χ1n) is 9.79. The lowest BCUT2D eigenvalue weighted by Gasteiger charge is -2.02. The third-order valence-corrected chi connectivity index (χ3v) is 6.35. The maximum Gasteiger partial charge on any atom is 0.184 e. The lowest BCUT2D eigenvalue weighted by Crippen LogP contribution is -1.99. The summed E-state index contributed by atoms with van der Waals surface area (Å²) in [6, 6.07) is 28.6. The van der Waals surface area contributed by atoms with Gasteiger partial charge in [-0.1, -0.05) is 93.1 Å². The standard InChI is InChI=1S/C24H18BrN5S/c25-19-13-11-17(12-14-19)22-23(18-7-3-1-4-8-18)31-24(27-22)26-15-20-16-30(29-28-20)21-9-5-2-6-10-21/h1-14,16H,15H2,(H,26,27). The summed E-state index contributed by atoms with van der Waals surface area (Å²) in [6.07, 6.45) is 1.93. The minimum Gasteiger partial charge on any atom is -0.356 e. The van der Waals surface area contributed by atoms with Crippen molar-refractivity contribution >= 4 is 32.4 Å². The van der Waals surface area contributed by atoms with Crippen LogP contribution in [0.4, 0.5) is 5.13 Å². The molecule has 2 aromatic heterocycles. The lowest BCUT2D eigenvalue weighted by atomic mass is 10.1. The number of hydrogen-bond donors (Lipinski definition) is 1. The summed E-state index contributed by atoms with van der Waals surface area (Å²) in [6.45, 7) is 0.550. The molecule has 1 N–H and O–H groups in total. The number of nitrogens with one attached hydrogen (secondary N) is 1. The Morgan fingerprint density at radius 2 is 1.55 bits per heavy atom. The fourth-order valence-electron chi connectivity index (χ4n) is 3.24. The van der Waals surface area contributed by atoms with E-state index in [2.05, 4.69) is 68.0 Å².